The number of phenols is 1. The molecule has 1 aromatic carbocycles. The number of rotatable bonds is 3. The van der Waals surface area contributed by atoms with Gasteiger partial charge in [-0.25, -0.2) is 0 Å². The summed E-state index contributed by atoms with van der Waals surface area (Å²) in [7, 11) is 0. The predicted octanol–water partition coefficient (Wildman–Crippen LogP) is 3.25. The maximum absolute atomic E-state index is 11.8. The Kier molecular flexibility index (Phi) is 4.98. The van der Waals surface area contributed by atoms with Crippen molar-refractivity contribution >= 4 is 34.6 Å². The second kappa shape index (κ2) is 5.67. The van der Waals surface area contributed by atoms with Crippen molar-refractivity contribution in [1.82, 2.24) is 4.72 Å². The first-order valence-electron chi connectivity index (χ1n) is 5.04. The Hall–Kier alpha value is -0.130. The average Bonchev–Trinajstić information content (AvgIpc) is 2.22. The lowest BCUT2D eigenvalue weighted by Gasteiger charge is -2.24. The van der Waals surface area contributed by atoms with E-state index in [2.05, 4.69) is 4.72 Å². The summed E-state index contributed by atoms with van der Waals surface area (Å²) in [6, 6.07) is 2.98. The lowest BCUT2D eigenvalue weighted by molar-refractivity contribution is 0.466. The van der Waals surface area contributed by atoms with E-state index < -0.39 is 11.4 Å². The van der Waals surface area contributed by atoms with Crippen molar-refractivity contribution in [2.75, 3.05) is 0 Å². The van der Waals surface area contributed by atoms with Crippen LogP contribution >= 0.6 is 23.2 Å². The predicted molar refractivity (Wildman–Crippen MR) is 72.9 cm³/mol. The third-order valence-electron chi connectivity index (χ3n) is 2.11. The molecule has 2 N–H and O–H groups in total. The molecule has 1 aromatic rings. The Morgan fingerprint density at radius 1 is 1.35 bits per heavy atom. The van der Waals surface area contributed by atoms with Gasteiger partial charge in [-0.3, -0.25) is 0 Å². The summed E-state index contributed by atoms with van der Waals surface area (Å²) >= 11 is 10.6. The van der Waals surface area contributed by atoms with Gasteiger partial charge in [-0.1, -0.05) is 23.2 Å². The molecule has 0 fully saturated rings. The standard InChI is InChI=1S/C11H15Cl2NO2S/c1-11(2,3)17(16)14-6-7-9(15)5-4-8(12)10(7)13/h4-5,14-15H,6H2,1-3H3/t17-/m1/s1. The van der Waals surface area contributed by atoms with E-state index in [0.29, 0.717) is 10.6 Å². The highest BCUT2D eigenvalue weighted by Crippen LogP contribution is 2.32. The molecule has 0 radical (unpaired) electrons. The van der Waals surface area contributed by atoms with Crippen molar-refractivity contribution in [3.8, 4) is 5.75 Å². The van der Waals surface area contributed by atoms with E-state index >= 15 is 0 Å². The highest BCUT2D eigenvalue weighted by molar-refractivity contribution is 7.90. The number of benzene rings is 1. The normalized spacial score (nSPS) is 13.8. The molecule has 0 heterocycles. The van der Waals surface area contributed by atoms with Gasteiger partial charge < -0.3 is 9.66 Å². The van der Waals surface area contributed by atoms with Crippen molar-refractivity contribution in [2.24, 2.45) is 0 Å². The molecule has 0 aliphatic carbocycles. The topological polar surface area (TPSA) is 55.3 Å². The third-order valence-corrected chi connectivity index (χ3v) is 4.47. The molecule has 0 aliphatic heterocycles. The van der Waals surface area contributed by atoms with Crippen molar-refractivity contribution in [2.45, 2.75) is 32.1 Å². The van der Waals surface area contributed by atoms with Gasteiger partial charge in [-0.15, -0.1) is 4.72 Å². The zero-order valence-electron chi connectivity index (χ0n) is 9.88. The average molecular weight is 296 g/mol. The summed E-state index contributed by atoms with van der Waals surface area (Å²) < 4.78 is 14.2. The maximum Gasteiger partial charge on any atom is 0.136 e. The van der Waals surface area contributed by atoms with Gasteiger partial charge in [0.05, 0.1) is 16.6 Å². The molecular formula is C11H15Cl2NO2S. The van der Waals surface area contributed by atoms with Crippen molar-refractivity contribution in [3.63, 3.8) is 0 Å². The Morgan fingerprint density at radius 2 is 1.94 bits per heavy atom. The van der Waals surface area contributed by atoms with E-state index in [1.165, 1.54) is 12.1 Å². The van der Waals surface area contributed by atoms with Gasteiger partial charge in [-0.2, -0.15) is 0 Å². The van der Waals surface area contributed by atoms with Crippen LogP contribution in [0.15, 0.2) is 12.1 Å². The number of phenolic OH excluding ortho intramolecular Hbond substituents is 1. The van der Waals surface area contributed by atoms with E-state index in [1.807, 2.05) is 20.8 Å². The quantitative estimate of drug-likeness (QED) is 0.842. The fourth-order valence-electron chi connectivity index (χ4n) is 1.10. The molecule has 96 valence electrons. The molecule has 0 saturated heterocycles. The fraction of sp³-hybridized carbons (Fsp3) is 0.455. The molecule has 3 nitrogen and oxygen atoms in total. The van der Waals surface area contributed by atoms with Crippen LogP contribution in [0.1, 0.15) is 26.3 Å². The van der Waals surface area contributed by atoms with Gasteiger partial charge in [-0.05, 0) is 32.9 Å². The molecule has 0 aromatic heterocycles. The van der Waals surface area contributed by atoms with E-state index in [1.54, 1.807) is 0 Å². The van der Waals surface area contributed by atoms with Gasteiger partial charge in [0.2, 0.25) is 0 Å². The molecular weight excluding hydrogens is 281 g/mol. The number of aromatic hydroxyl groups is 1. The summed E-state index contributed by atoms with van der Waals surface area (Å²) in [5.74, 6) is 0.0396. The third kappa shape index (κ3) is 3.93. The summed E-state index contributed by atoms with van der Waals surface area (Å²) in [5, 5.41) is 10.3. The minimum absolute atomic E-state index is 0.0396. The van der Waals surface area contributed by atoms with Crippen LogP contribution in [-0.4, -0.2) is 14.4 Å². The van der Waals surface area contributed by atoms with Gasteiger partial charge in [0, 0.05) is 16.9 Å². The first-order valence-corrected chi connectivity index (χ1v) is 6.95. The largest absolute Gasteiger partial charge is 0.598 e. The number of nitrogens with one attached hydrogen (secondary N) is 1. The van der Waals surface area contributed by atoms with Gasteiger partial charge in [0.25, 0.3) is 0 Å². The van der Waals surface area contributed by atoms with Gasteiger partial charge in [0.1, 0.15) is 10.5 Å². The fourth-order valence-corrected chi connectivity index (χ4v) is 2.22. The number of hydrogen-bond acceptors (Lipinski definition) is 3. The Morgan fingerprint density at radius 3 is 2.47 bits per heavy atom. The SMILES string of the molecule is CC(C)(C)[S@@+]([O-])NCc1c(O)ccc(Cl)c1Cl. The second-order valence-corrected chi connectivity index (χ2v) is 7.40. The summed E-state index contributed by atoms with van der Waals surface area (Å²) in [5.41, 5.74) is 0.455. The molecule has 0 bridgehead atoms. The lowest BCUT2D eigenvalue weighted by Crippen LogP contribution is -2.39. The summed E-state index contributed by atoms with van der Waals surface area (Å²) in [4.78, 5) is 0. The van der Waals surface area contributed by atoms with Crippen LogP contribution in [0, 0.1) is 0 Å². The van der Waals surface area contributed by atoms with Crippen LogP contribution in [0.4, 0.5) is 0 Å². The van der Waals surface area contributed by atoms with Crippen molar-refractivity contribution in [3.05, 3.63) is 27.7 Å². The number of halogens is 2. The second-order valence-electron chi connectivity index (χ2n) is 4.56. The van der Waals surface area contributed by atoms with Gasteiger partial charge >= 0.3 is 0 Å². The van der Waals surface area contributed by atoms with Crippen LogP contribution in [0.5, 0.6) is 5.75 Å². The van der Waals surface area contributed by atoms with Crippen LogP contribution in [0.2, 0.25) is 10.0 Å². The van der Waals surface area contributed by atoms with Crippen molar-refractivity contribution < 1.29 is 9.66 Å². The highest BCUT2D eigenvalue weighted by atomic mass is 35.5. The van der Waals surface area contributed by atoms with E-state index in [-0.39, 0.29) is 22.1 Å². The Labute approximate surface area is 114 Å². The van der Waals surface area contributed by atoms with E-state index in [0.717, 1.165) is 0 Å². The van der Waals surface area contributed by atoms with E-state index in [9.17, 15) is 9.66 Å². The van der Waals surface area contributed by atoms with Crippen LogP contribution in [0.25, 0.3) is 0 Å². The molecule has 1 rings (SSSR count). The Balaban J connectivity index is 2.80. The monoisotopic (exact) mass is 295 g/mol. The van der Waals surface area contributed by atoms with Crippen molar-refractivity contribution in [1.29, 1.82) is 0 Å². The zero-order chi connectivity index (χ0) is 13.2. The first-order chi connectivity index (χ1) is 7.73. The molecule has 0 saturated carbocycles. The Bertz CT molecular complexity index is 407. The maximum atomic E-state index is 11.8. The molecule has 1 atom stereocenters. The summed E-state index contributed by atoms with van der Waals surface area (Å²) in [6.07, 6.45) is 0. The zero-order valence-corrected chi connectivity index (χ0v) is 12.2. The lowest BCUT2D eigenvalue weighted by atomic mass is 10.2. The molecule has 0 amide bonds. The first kappa shape index (κ1) is 14.9. The van der Waals surface area contributed by atoms with Crippen LogP contribution in [-0.2, 0) is 17.9 Å². The summed E-state index contributed by atoms with van der Waals surface area (Å²) in [6.45, 7) is 5.77. The van der Waals surface area contributed by atoms with Crippen LogP contribution in [0.3, 0.4) is 0 Å². The molecule has 6 heteroatoms. The van der Waals surface area contributed by atoms with E-state index in [4.69, 9.17) is 23.2 Å². The molecule has 0 aliphatic rings. The smallest absolute Gasteiger partial charge is 0.136 e. The minimum atomic E-state index is -1.22. The number of hydrogen-bond donors (Lipinski definition) is 2. The highest BCUT2D eigenvalue weighted by Gasteiger charge is 2.26. The molecule has 0 spiro atoms. The molecule has 17 heavy (non-hydrogen) atoms. The molecule has 0 unspecified atom stereocenters. The van der Waals surface area contributed by atoms with Crippen LogP contribution < -0.4 is 4.72 Å². The minimum Gasteiger partial charge on any atom is -0.598 e. The van der Waals surface area contributed by atoms with Gasteiger partial charge in [0.15, 0.2) is 0 Å².